The van der Waals surface area contributed by atoms with Gasteiger partial charge in [0.15, 0.2) is 0 Å². The van der Waals surface area contributed by atoms with Crippen molar-refractivity contribution in [3.63, 3.8) is 0 Å². The van der Waals surface area contributed by atoms with Crippen LogP contribution in [0.15, 0.2) is 24.3 Å². The molecule has 0 aliphatic heterocycles. The highest BCUT2D eigenvalue weighted by molar-refractivity contribution is 5.97. The predicted octanol–water partition coefficient (Wildman–Crippen LogP) is 1.94. The number of hydrogen-bond donors (Lipinski definition) is 2. The second kappa shape index (κ2) is 7.71. The Hall–Kier alpha value is -1.55. The van der Waals surface area contributed by atoms with Gasteiger partial charge in [-0.15, -0.1) is 0 Å². The van der Waals surface area contributed by atoms with E-state index < -0.39 is 0 Å². The third kappa shape index (κ3) is 4.04. The first-order chi connectivity index (χ1) is 8.72. The van der Waals surface area contributed by atoms with Gasteiger partial charge in [-0.2, -0.15) is 0 Å². The van der Waals surface area contributed by atoms with Gasteiger partial charge in [-0.05, 0) is 25.5 Å². The number of nitrogens with one attached hydrogen (secondary N) is 1. The van der Waals surface area contributed by atoms with Gasteiger partial charge >= 0.3 is 0 Å². The summed E-state index contributed by atoms with van der Waals surface area (Å²) >= 11 is 0. The van der Waals surface area contributed by atoms with Crippen molar-refractivity contribution in [1.29, 1.82) is 0 Å². The molecule has 1 amide bonds. The van der Waals surface area contributed by atoms with Crippen molar-refractivity contribution in [3.05, 3.63) is 29.8 Å². The van der Waals surface area contributed by atoms with Gasteiger partial charge in [-0.1, -0.05) is 25.5 Å². The molecule has 1 atom stereocenters. The lowest BCUT2D eigenvalue weighted by Crippen LogP contribution is -2.40. The predicted molar refractivity (Wildman–Crippen MR) is 72.8 cm³/mol. The van der Waals surface area contributed by atoms with Crippen LogP contribution in [0.2, 0.25) is 0 Å². The Bertz CT molecular complexity index is 380. The minimum absolute atomic E-state index is 0.0252. The minimum atomic E-state index is -0.122. The van der Waals surface area contributed by atoms with E-state index in [4.69, 9.17) is 10.5 Å². The molecule has 3 N–H and O–H groups in total. The third-order valence-corrected chi connectivity index (χ3v) is 2.69. The van der Waals surface area contributed by atoms with Gasteiger partial charge in [0.1, 0.15) is 5.75 Å². The number of carbonyl (C=O) groups is 1. The standard InChI is InChI=1S/C14H22N2O2/c1-3-7-11(10-15)16-14(17)12-8-5-6-9-13(12)18-4-2/h5-6,8-9,11H,3-4,7,10,15H2,1-2H3,(H,16,17). The van der Waals surface area contributed by atoms with E-state index >= 15 is 0 Å². The molecule has 0 aromatic heterocycles. The number of benzene rings is 1. The summed E-state index contributed by atoms with van der Waals surface area (Å²) in [6, 6.07) is 7.27. The molecule has 1 rings (SSSR count). The van der Waals surface area contributed by atoms with Crippen LogP contribution in [0.4, 0.5) is 0 Å². The fraction of sp³-hybridized carbons (Fsp3) is 0.500. The van der Waals surface area contributed by atoms with Gasteiger partial charge in [0.05, 0.1) is 12.2 Å². The van der Waals surface area contributed by atoms with Gasteiger partial charge in [-0.25, -0.2) is 0 Å². The van der Waals surface area contributed by atoms with Crippen LogP contribution in [0.25, 0.3) is 0 Å². The zero-order valence-electron chi connectivity index (χ0n) is 11.1. The molecule has 0 aliphatic carbocycles. The Kier molecular flexibility index (Phi) is 6.22. The SMILES string of the molecule is CCCC(CN)NC(=O)c1ccccc1OCC. The zero-order valence-corrected chi connectivity index (χ0v) is 11.1. The Balaban J connectivity index is 2.76. The molecule has 0 bridgehead atoms. The van der Waals surface area contributed by atoms with Crippen molar-refractivity contribution in [2.45, 2.75) is 32.7 Å². The number of ether oxygens (including phenoxy) is 1. The van der Waals surface area contributed by atoms with Crippen molar-refractivity contribution in [1.82, 2.24) is 5.32 Å². The van der Waals surface area contributed by atoms with E-state index in [9.17, 15) is 4.79 Å². The van der Waals surface area contributed by atoms with Crippen LogP contribution in [0.3, 0.4) is 0 Å². The highest BCUT2D eigenvalue weighted by Crippen LogP contribution is 2.17. The van der Waals surface area contributed by atoms with E-state index in [1.165, 1.54) is 0 Å². The molecule has 0 aliphatic rings. The summed E-state index contributed by atoms with van der Waals surface area (Å²) < 4.78 is 5.44. The maximum absolute atomic E-state index is 12.1. The summed E-state index contributed by atoms with van der Waals surface area (Å²) in [5.41, 5.74) is 6.20. The molecule has 0 saturated carbocycles. The average Bonchev–Trinajstić information content (AvgIpc) is 2.39. The molecule has 0 heterocycles. The van der Waals surface area contributed by atoms with Crippen LogP contribution in [-0.4, -0.2) is 25.1 Å². The van der Waals surface area contributed by atoms with Crippen molar-refractivity contribution >= 4 is 5.91 Å². The van der Waals surface area contributed by atoms with E-state index in [0.29, 0.717) is 24.5 Å². The number of carbonyl (C=O) groups excluding carboxylic acids is 1. The highest BCUT2D eigenvalue weighted by atomic mass is 16.5. The van der Waals surface area contributed by atoms with E-state index in [1.807, 2.05) is 19.1 Å². The molecule has 0 fully saturated rings. The molecular weight excluding hydrogens is 228 g/mol. The average molecular weight is 250 g/mol. The molecular formula is C14H22N2O2. The summed E-state index contributed by atoms with van der Waals surface area (Å²) in [7, 11) is 0. The number of para-hydroxylation sites is 1. The van der Waals surface area contributed by atoms with E-state index in [-0.39, 0.29) is 11.9 Å². The first-order valence-electron chi connectivity index (χ1n) is 6.45. The molecule has 0 saturated heterocycles. The summed E-state index contributed by atoms with van der Waals surface area (Å²) in [6.07, 6.45) is 1.88. The van der Waals surface area contributed by atoms with Crippen molar-refractivity contribution < 1.29 is 9.53 Å². The Labute approximate surface area is 109 Å². The molecule has 18 heavy (non-hydrogen) atoms. The molecule has 1 aromatic rings. The topological polar surface area (TPSA) is 64.3 Å². The largest absolute Gasteiger partial charge is 0.493 e. The van der Waals surface area contributed by atoms with Gasteiger partial charge < -0.3 is 15.8 Å². The monoisotopic (exact) mass is 250 g/mol. The second-order valence-corrected chi connectivity index (χ2v) is 4.12. The number of nitrogens with two attached hydrogens (primary N) is 1. The first kappa shape index (κ1) is 14.5. The third-order valence-electron chi connectivity index (χ3n) is 2.69. The van der Waals surface area contributed by atoms with Crippen molar-refractivity contribution in [2.75, 3.05) is 13.2 Å². The fourth-order valence-electron chi connectivity index (χ4n) is 1.80. The molecule has 4 heteroatoms. The van der Waals surface area contributed by atoms with Gasteiger partial charge in [0.25, 0.3) is 5.91 Å². The van der Waals surface area contributed by atoms with Gasteiger partial charge in [0.2, 0.25) is 0 Å². The van der Waals surface area contributed by atoms with Crippen LogP contribution in [-0.2, 0) is 0 Å². The Morgan fingerprint density at radius 1 is 1.39 bits per heavy atom. The summed E-state index contributed by atoms with van der Waals surface area (Å²) in [5, 5.41) is 2.94. The van der Waals surface area contributed by atoms with E-state index in [1.54, 1.807) is 12.1 Å². The van der Waals surface area contributed by atoms with Gasteiger partial charge in [0, 0.05) is 12.6 Å². The number of hydrogen-bond acceptors (Lipinski definition) is 3. The maximum Gasteiger partial charge on any atom is 0.255 e. The van der Waals surface area contributed by atoms with Crippen LogP contribution >= 0.6 is 0 Å². The van der Waals surface area contributed by atoms with Crippen molar-refractivity contribution in [3.8, 4) is 5.75 Å². The van der Waals surface area contributed by atoms with E-state index in [2.05, 4.69) is 12.2 Å². The van der Waals surface area contributed by atoms with E-state index in [0.717, 1.165) is 12.8 Å². The Morgan fingerprint density at radius 3 is 2.72 bits per heavy atom. The smallest absolute Gasteiger partial charge is 0.255 e. The van der Waals surface area contributed by atoms with Crippen LogP contribution in [0, 0.1) is 0 Å². The molecule has 1 unspecified atom stereocenters. The lowest BCUT2D eigenvalue weighted by Gasteiger charge is -2.17. The second-order valence-electron chi connectivity index (χ2n) is 4.12. The molecule has 0 spiro atoms. The molecule has 1 aromatic carbocycles. The number of amides is 1. The minimum Gasteiger partial charge on any atom is -0.493 e. The van der Waals surface area contributed by atoms with Gasteiger partial charge in [-0.3, -0.25) is 4.79 Å². The van der Waals surface area contributed by atoms with Crippen molar-refractivity contribution in [2.24, 2.45) is 5.73 Å². The Morgan fingerprint density at radius 2 is 2.11 bits per heavy atom. The first-order valence-corrected chi connectivity index (χ1v) is 6.45. The lowest BCUT2D eigenvalue weighted by molar-refractivity contribution is 0.0932. The maximum atomic E-state index is 12.1. The lowest BCUT2D eigenvalue weighted by atomic mass is 10.1. The molecule has 4 nitrogen and oxygen atoms in total. The molecule has 100 valence electrons. The van der Waals surface area contributed by atoms with Crippen LogP contribution in [0.1, 0.15) is 37.0 Å². The summed E-state index contributed by atoms with van der Waals surface area (Å²) in [4.78, 5) is 12.1. The zero-order chi connectivity index (χ0) is 13.4. The van der Waals surface area contributed by atoms with Crippen LogP contribution in [0.5, 0.6) is 5.75 Å². The normalized spacial score (nSPS) is 11.9. The summed E-state index contributed by atoms with van der Waals surface area (Å²) in [5.74, 6) is 0.493. The fourth-order valence-corrected chi connectivity index (χ4v) is 1.80. The van der Waals surface area contributed by atoms with Crippen LogP contribution < -0.4 is 15.8 Å². The molecule has 0 radical (unpaired) electrons. The quantitative estimate of drug-likeness (QED) is 0.777. The summed E-state index contributed by atoms with van der Waals surface area (Å²) in [6.45, 7) is 4.97. The number of rotatable bonds is 7. The highest BCUT2D eigenvalue weighted by Gasteiger charge is 2.15.